The van der Waals surface area contributed by atoms with Gasteiger partial charge in [0.15, 0.2) is 0 Å². The smallest absolute Gasteiger partial charge is 0.462 e. The molecule has 280 valence electrons. The van der Waals surface area contributed by atoms with Crippen LogP contribution in [0.2, 0.25) is 0 Å². The third-order valence-electron chi connectivity index (χ3n) is 6.65. The van der Waals surface area contributed by atoms with Crippen LogP contribution in [0.15, 0.2) is 0 Å². The number of rotatable bonds is 24. The van der Waals surface area contributed by atoms with Gasteiger partial charge in [-0.15, -0.1) is 0 Å². The first-order chi connectivity index (χ1) is 20.9. The van der Waals surface area contributed by atoms with E-state index in [1.165, 1.54) is 13.8 Å². The van der Waals surface area contributed by atoms with Gasteiger partial charge in [-0.25, -0.2) is 0 Å². The van der Waals surface area contributed by atoms with Crippen LogP contribution in [0.5, 0.6) is 0 Å². The Morgan fingerprint density at radius 3 is 1.30 bits per heavy atom. The van der Waals surface area contributed by atoms with Gasteiger partial charge in [0, 0.05) is 46.2 Å². The molecule has 0 aromatic carbocycles. The Balaban J connectivity index is 5.28. The Morgan fingerprint density at radius 2 is 0.957 bits per heavy atom. The molecular formula is C23H54Br2O16Si6. The minimum absolute atomic E-state index is 0.00637. The number of carbonyl (C=O) groups is 2. The van der Waals surface area contributed by atoms with Crippen molar-refractivity contribution in [2.45, 2.75) is 77.5 Å². The second-order valence-electron chi connectivity index (χ2n) is 13.2. The van der Waals surface area contributed by atoms with E-state index in [1.54, 1.807) is 27.7 Å². The van der Waals surface area contributed by atoms with Crippen LogP contribution in [0, 0.1) is 0 Å². The van der Waals surface area contributed by atoms with Gasteiger partial charge in [-0.05, 0) is 48.0 Å². The summed E-state index contributed by atoms with van der Waals surface area (Å²) in [5, 5.41) is 15.9. The van der Waals surface area contributed by atoms with Crippen LogP contribution in [0.1, 0.15) is 48.0 Å². The molecule has 4 atom stereocenters. The van der Waals surface area contributed by atoms with Gasteiger partial charge in [-0.1, -0.05) is 31.9 Å². The average molecular weight is 915 g/mol. The number of halogens is 2. The van der Waals surface area contributed by atoms with Crippen molar-refractivity contribution in [3.63, 3.8) is 0 Å². The maximum absolute atomic E-state index is 11.9. The number of hydrogen-bond acceptors (Lipinski definition) is 16. The minimum atomic E-state index is -4.96. The van der Waals surface area contributed by atoms with Gasteiger partial charge in [0.1, 0.15) is 21.9 Å². The summed E-state index contributed by atoms with van der Waals surface area (Å²) < 4.78 is 40.7. The van der Waals surface area contributed by atoms with Crippen molar-refractivity contribution in [3.8, 4) is 0 Å². The Labute approximate surface area is 307 Å². The zero-order chi connectivity index (χ0) is 37.2. The van der Waals surface area contributed by atoms with Crippen LogP contribution in [0.3, 0.4) is 0 Å². The maximum Gasteiger partial charge on any atom is 0.674 e. The van der Waals surface area contributed by atoms with Crippen LogP contribution in [0.25, 0.3) is 0 Å². The molecule has 16 nitrogen and oxygen atoms in total. The van der Waals surface area contributed by atoms with E-state index >= 15 is 0 Å². The number of ether oxygens (including phenoxy) is 4. The van der Waals surface area contributed by atoms with E-state index in [1.807, 2.05) is 0 Å². The van der Waals surface area contributed by atoms with Crippen molar-refractivity contribution < 1.29 is 75.6 Å². The van der Waals surface area contributed by atoms with Crippen LogP contribution in [-0.4, -0.2) is 183 Å². The van der Waals surface area contributed by atoms with Gasteiger partial charge in [0.25, 0.3) is 0 Å². The summed E-state index contributed by atoms with van der Waals surface area (Å²) in [6.45, 7) is 8.73. The summed E-state index contributed by atoms with van der Waals surface area (Å²) in [4.78, 5) is 66.2. The molecule has 0 aromatic heterocycles. The van der Waals surface area contributed by atoms with E-state index in [2.05, 4.69) is 31.9 Å². The monoisotopic (exact) mass is 912 g/mol. The number of aliphatic hydroxyl groups is 2. The molecule has 0 aliphatic heterocycles. The van der Waals surface area contributed by atoms with Crippen LogP contribution in [0.4, 0.5) is 0 Å². The summed E-state index contributed by atoms with van der Waals surface area (Å²) in [5.74, 6) is -0.939. The molecule has 0 aliphatic rings. The molecule has 0 fully saturated rings. The first-order valence-corrected chi connectivity index (χ1v) is 23.8. The van der Waals surface area contributed by atoms with Crippen LogP contribution >= 0.6 is 31.9 Å². The van der Waals surface area contributed by atoms with E-state index < -0.39 is 59.6 Å². The predicted octanol–water partition coefficient (Wildman–Crippen LogP) is -5.98. The zero-order valence-corrected chi connectivity index (χ0v) is 42.1. The summed E-state index contributed by atoms with van der Waals surface area (Å²) in [6.07, 6.45) is -0.221. The van der Waals surface area contributed by atoms with Crippen molar-refractivity contribution in [1.29, 1.82) is 0 Å². The van der Waals surface area contributed by atoms with Gasteiger partial charge in [0.05, 0.1) is 55.3 Å². The lowest BCUT2D eigenvalue weighted by Crippen LogP contribution is -2.75. The van der Waals surface area contributed by atoms with Crippen molar-refractivity contribution >= 4 is 103 Å². The Hall–Kier alpha value is 0.721. The zero-order valence-electron chi connectivity index (χ0n) is 28.9. The molecule has 0 heterocycles. The lowest BCUT2D eigenvalue weighted by atomic mass is 10.00. The fourth-order valence-corrected chi connectivity index (χ4v) is 13.0. The van der Waals surface area contributed by atoms with Crippen LogP contribution in [-0.2, 0) is 46.2 Å². The van der Waals surface area contributed by atoms with Gasteiger partial charge in [0.2, 0.25) is 0 Å². The number of hydrogen-bond donors (Lipinski definition) is 6. The number of alkyl halides is 2. The largest absolute Gasteiger partial charge is 0.674 e. The second kappa shape index (κ2) is 19.0. The standard InChI is InChI=1S/C23H54Br2O16Si6/c1-18(2,24)16(26)36-11-7-34-9-13-38-46(30,31)40-21(6,43)23(29,45)22(44,15-20(5,28)42)41-47(32,33)39-14-10-35-8-12-37-17(27)19(3,4)25/h28-33H,7-15H2,1-6,42-45H3/t20-,21?,22?,23?/m1/s1. The maximum atomic E-state index is 11.9. The van der Waals surface area contributed by atoms with Crippen molar-refractivity contribution in [2.75, 3.05) is 52.9 Å². The van der Waals surface area contributed by atoms with E-state index in [0.29, 0.717) is 0 Å². The molecular weight excluding hydrogens is 861 g/mol. The molecule has 0 bridgehead atoms. The predicted molar refractivity (Wildman–Crippen MR) is 195 cm³/mol. The van der Waals surface area contributed by atoms with Crippen LogP contribution < -0.4 is 0 Å². The quantitative estimate of drug-likeness (QED) is 0.0229. The summed E-state index contributed by atoms with van der Waals surface area (Å²) >= 11 is 6.38. The van der Waals surface area contributed by atoms with Gasteiger partial charge in [-0.3, -0.25) is 9.59 Å². The highest BCUT2D eigenvalue weighted by atomic mass is 79.9. The van der Waals surface area contributed by atoms with Crippen molar-refractivity contribution in [3.05, 3.63) is 0 Å². The Bertz CT molecular complexity index is 988. The minimum Gasteiger partial charge on any atom is -0.462 e. The topological polar surface area (TPSA) is 229 Å². The first kappa shape index (κ1) is 47.7. The fourth-order valence-electron chi connectivity index (χ4n) is 3.96. The number of esters is 2. The first-order valence-electron chi connectivity index (χ1n) is 14.8. The molecule has 0 amide bonds. The highest BCUT2D eigenvalue weighted by Crippen LogP contribution is 2.39. The molecule has 0 spiro atoms. The molecule has 0 rings (SSSR count). The lowest BCUT2D eigenvalue weighted by molar-refractivity contribution is -0.169. The van der Waals surface area contributed by atoms with Crippen molar-refractivity contribution in [2.24, 2.45) is 0 Å². The number of carbonyl (C=O) groups excluding carboxylic acids is 2. The Morgan fingerprint density at radius 1 is 0.617 bits per heavy atom. The molecule has 0 radical (unpaired) electrons. The lowest BCUT2D eigenvalue weighted by Gasteiger charge is -2.54. The average Bonchev–Trinajstić information content (AvgIpc) is 2.83. The summed E-state index contributed by atoms with van der Waals surface area (Å²) in [6, 6.07) is 0. The van der Waals surface area contributed by atoms with Gasteiger partial charge < -0.3 is 66.0 Å². The SMILES string of the molecule is CC(C)(Br)C(=O)OCCOCCO[Si](O)(O)OC(C)([SiH3])C(O)([SiH3])C([SiH3])(C[C@](C)(O)[SiH3])O[Si](O)(O)OCCOCCOC(=O)C(C)(C)Br. The van der Waals surface area contributed by atoms with E-state index in [0.717, 1.165) is 0 Å². The molecule has 0 aromatic rings. The highest BCUT2D eigenvalue weighted by Gasteiger charge is 2.62. The van der Waals surface area contributed by atoms with E-state index in [-0.39, 0.29) is 100 Å². The third kappa shape index (κ3) is 18.7. The van der Waals surface area contributed by atoms with E-state index in [9.17, 15) is 39.0 Å². The highest BCUT2D eigenvalue weighted by molar-refractivity contribution is 9.10. The molecule has 24 heteroatoms. The van der Waals surface area contributed by atoms with Gasteiger partial charge in [-0.2, -0.15) is 0 Å². The molecule has 6 N–H and O–H groups in total. The normalized spacial score (nSPS) is 18.7. The molecule has 47 heavy (non-hydrogen) atoms. The molecule has 0 saturated heterocycles. The molecule has 0 saturated carbocycles. The molecule has 3 unspecified atom stereocenters. The third-order valence-corrected chi connectivity index (χ3v) is 18.1. The Kier molecular flexibility index (Phi) is 19.3. The van der Waals surface area contributed by atoms with Gasteiger partial charge >= 0.3 is 30.0 Å². The molecule has 0 aliphatic carbocycles. The van der Waals surface area contributed by atoms with Crippen molar-refractivity contribution in [1.82, 2.24) is 0 Å². The van der Waals surface area contributed by atoms with E-state index in [4.69, 9.17) is 36.7 Å². The fraction of sp³-hybridized carbons (Fsp3) is 0.913. The summed E-state index contributed by atoms with van der Waals surface area (Å²) in [7, 11) is -9.80. The summed E-state index contributed by atoms with van der Waals surface area (Å²) in [5.41, 5.74) is 0. The second-order valence-corrected chi connectivity index (χ2v) is 27.5.